The van der Waals surface area contributed by atoms with Crippen LogP contribution in [0.25, 0.3) is 0 Å². The number of hydrogen-bond donors (Lipinski definition) is 4. The van der Waals surface area contributed by atoms with Crippen molar-refractivity contribution in [1.82, 2.24) is 0 Å². The van der Waals surface area contributed by atoms with Crippen molar-refractivity contribution >= 4 is 5.78 Å². The summed E-state index contributed by atoms with van der Waals surface area (Å²) in [6, 6.07) is 0. The lowest BCUT2D eigenvalue weighted by atomic mass is 9.46. The zero-order valence-corrected chi connectivity index (χ0v) is 15.7. The van der Waals surface area contributed by atoms with Gasteiger partial charge >= 0.3 is 0 Å². The minimum atomic E-state index is -1.34. The summed E-state index contributed by atoms with van der Waals surface area (Å²) in [6.45, 7) is 5.51. The normalized spacial score (nSPS) is 55.6. The minimum absolute atomic E-state index is 0.0153. The summed E-state index contributed by atoms with van der Waals surface area (Å²) < 4.78 is 0. The van der Waals surface area contributed by atoms with Gasteiger partial charge in [-0.25, -0.2) is 0 Å². The first-order valence-corrected chi connectivity index (χ1v) is 9.75. The maximum Gasteiger partial charge on any atom is 0.161 e. The average Bonchev–Trinajstić information content (AvgIpc) is 2.87. The van der Waals surface area contributed by atoms with Gasteiger partial charge in [0.15, 0.2) is 5.78 Å². The summed E-state index contributed by atoms with van der Waals surface area (Å²) >= 11 is 0. The zero-order chi connectivity index (χ0) is 19.1. The second-order valence-electron chi connectivity index (χ2n) is 9.39. The van der Waals surface area contributed by atoms with E-state index < -0.39 is 34.7 Å². The van der Waals surface area contributed by atoms with Gasteiger partial charge < -0.3 is 20.4 Å². The molecule has 9 atom stereocenters. The second-order valence-corrected chi connectivity index (χ2v) is 9.39. The number of aliphatic hydroxyl groups excluding tert-OH is 3. The number of fused-ring (bicyclic) bond motifs is 5. The Kier molecular flexibility index (Phi) is 3.89. The predicted molar refractivity (Wildman–Crippen MR) is 96.0 cm³/mol. The van der Waals surface area contributed by atoms with Crippen molar-refractivity contribution in [1.29, 1.82) is 0 Å². The first kappa shape index (κ1) is 18.4. The van der Waals surface area contributed by atoms with Crippen LogP contribution in [0.3, 0.4) is 0 Å². The molecule has 3 fully saturated rings. The Morgan fingerprint density at radius 3 is 2.42 bits per heavy atom. The molecule has 144 valence electrons. The van der Waals surface area contributed by atoms with E-state index in [1.165, 1.54) is 6.92 Å². The smallest absolute Gasteiger partial charge is 0.161 e. The molecule has 4 aliphatic rings. The van der Waals surface area contributed by atoms with E-state index in [2.05, 4.69) is 6.92 Å². The molecule has 0 radical (unpaired) electrons. The van der Waals surface area contributed by atoms with Gasteiger partial charge in [-0.1, -0.05) is 26.0 Å². The number of ketones is 1. The SMILES string of the molecule is CC(=O)[C@@]1(O)CC[C@H]2[C@@H]3[C@H](O)[C@H](O)C4=C[C@H](O)C=C[C@]4(C)[C@H]3CC[C@@]21C. The standard InChI is InChI=1S/C21H30O5/c1-11(22)21(26)9-6-14-16-13(5-8-20(14,21)3)19(2)7-4-12(23)10-15(19)17(24)18(16)25/h4,7,10,12-14,16-18,23-26H,5-6,8-9H2,1-3H3/t12-,13+,14+,16-,17-,18+,19-,20+,21+/m1/s1. The number of carbonyl (C=O) groups excluding carboxylic acids is 1. The maximum atomic E-state index is 12.3. The average molecular weight is 362 g/mol. The van der Waals surface area contributed by atoms with Crippen LogP contribution >= 0.6 is 0 Å². The minimum Gasteiger partial charge on any atom is -0.390 e. The Bertz CT molecular complexity index is 699. The molecule has 3 saturated carbocycles. The Hall–Kier alpha value is -1.01. The fourth-order valence-electron chi connectivity index (χ4n) is 6.93. The van der Waals surface area contributed by atoms with Gasteiger partial charge in [0.1, 0.15) is 11.7 Å². The van der Waals surface area contributed by atoms with Crippen LogP contribution in [0.1, 0.15) is 46.5 Å². The predicted octanol–water partition coefficient (Wildman–Crippen LogP) is 1.35. The summed E-state index contributed by atoms with van der Waals surface area (Å²) in [4.78, 5) is 12.3. The molecule has 0 saturated heterocycles. The van der Waals surface area contributed by atoms with Gasteiger partial charge in [-0.05, 0) is 62.0 Å². The van der Waals surface area contributed by atoms with E-state index in [4.69, 9.17) is 0 Å². The van der Waals surface area contributed by atoms with E-state index in [9.17, 15) is 25.2 Å². The number of rotatable bonds is 1. The van der Waals surface area contributed by atoms with E-state index in [0.717, 1.165) is 12.8 Å². The third kappa shape index (κ3) is 2.03. The highest BCUT2D eigenvalue weighted by Crippen LogP contribution is 2.67. The molecule has 26 heavy (non-hydrogen) atoms. The van der Waals surface area contributed by atoms with E-state index in [0.29, 0.717) is 18.4 Å². The van der Waals surface area contributed by atoms with Crippen molar-refractivity contribution in [3.05, 3.63) is 23.8 Å². The molecule has 4 aliphatic carbocycles. The molecule has 0 aromatic carbocycles. The molecule has 0 aromatic heterocycles. The van der Waals surface area contributed by atoms with Crippen LogP contribution in [-0.2, 0) is 4.79 Å². The van der Waals surface area contributed by atoms with Crippen LogP contribution < -0.4 is 0 Å². The van der Waals surface area contributed by atoms with Crippen molar-refractivity contribution in [2.75, 3.05) is 0 Å². The molecule has 0 amide bonds. The van der Waals surface area contributed by atoms with Crippen LogP contribution in [0.15, 0.2) is 23.8 Å². The summed E-state index contributed by atoms with van der Waals surface area (Å²) in [7, 11) is 0. The summed E-state index contributed by atoms with van der Waals surface area (Å²) in [5, 5.41) is 43.0. The zero-order valence-electron chi connectivity index (χ0n) is 15.7. The molecule has 0 heterocycles. The fourth-order valence-corrected chi connectivity index (χ4v) is 6.93. The first-order chi connectivity index (χ1) is 12.1. The number of allylic oxidation sites excluding steroid dienone is 1. The monoisotopic (exact) mass is 362 g/mol. The van der Waals surface area contributed by atoms with Crippen molar-refractivity contribution in [2.45, 2.75) is 70.4 Å². The number of hydrogen-bond acceptors (Lipinski definition) is 5. The van der Waals surface area contributed by atoms with Gasteiger partial charge in [-0.2, -0.15) is 0 Å². The van der Waals surface area contributed by atoms with Crippen LogP contribution in [0.5, 0.6) is 0 Å². The number of carbonyl (C=O) groups is 1. The van der Waals surface area contributed by atoms with E-state index in [1.54, 1.807) is 12.2 Å². The molecular weight excluding hydrogens is 332 g/mol. The lowest BCUT2D eigenvalue weighted by molar-refractivity contribution is -0.175. The van der Waals surface area contributed by atoms with E-state index >= 15 is 0 Å². The Labute approximate surface area is 154 Å². The van der Waals surface area contributed by atoms with Crippen molar-refractivity contribution in [2.24, 2.45) is 28.6 Å². The van der Waals surface area contributed by atoms with Crippen LogP contribution in [-0.4, -0.2) is 50.1 Å². The number of aliphatic hydroxyl groups is 4. The van der Waals surface area contributed by atoms with Gasteiger partial charge in [0, 0.05) is 10.8 Å². The van der Waals surface area contributed by atoms with Gasteiger partial charge in [-0.3, -0.25) is 4.79 Å². The van der Waals surface area contributed by atoms with Crippen molar-refractivity contribution < 1.29 is 25.2 Å². The largest absolute Gasteiger partial charge is 0.390 e. The molecule has 5 heteroatoms. The molecule has 4 rings (SSSR count). The lowest BCUT2D eigenvalue weighted by Crippen LogP contribution is -2.62. The second kappa shape index (κ2) is 5.51. The molecule has 5 nitrogen and oxygen atoms in total. The Morgan fingerprint density at radius 1 is 1.12 bits per heavy atom. The van der Waals surface area contributed by atoms with Gasteiger partial charge in [0.05, 0.1) is 12.2 Å². The van der Waals surface area contributed by atoms with Crippen LogP contribution in [0.4, 0.5) is 0 Å². The third-order valence-corrected chi connectivity index (χ3v) is 8.49. The molecule has 0 unspecified atom stereocenters. The number of Topliss-reactive ketones (excluding diaryl/α,β-unsaturated/α-hetero) is 1. The Morgan fingerprint density at radius 2 is 1.77 bits per heavy atom. The lowest BCUT2D eigenvalue weighted by Gasteiger charge is -2.60. The van der Waals surface area contributed by atoms with Gasteiger partial charge in [0.25, 0.3) is 0 Å². The first-order valence-electron chi connectivity index (χ1n) is 9.75. The summed E-state index contributed by atoms with van der Waals surface area (Å²) in [6.07, 6.45) is 5.27. The van der Waals surface area contributed by atoms with Crippen LogP contribution in [0.2, 0.25) is 0 Å². The topological polar surface area (TPSA) is 98.0 Å². The Balaban J connectivity index is 1.78. The summed E-state index contributed by atoms with van der Waals surface area (Å²) in [5.74, 6) is -0.278. The highest BCUT2D eigenvalue weighted by molar-refractivity contribution is 5.86. The molecule has 0 spiro atoms. The van der Waals surface area contributed by atoms with E-state index in [-0.39, 0.29) is 23.5 Å². The van der Waals surface area contributed by atoms with Crippen molar-refractivity contribution in [3.63, 3.8) is 0 Å². The third-order valence-electron chi connectivity index (χ3n) is 8.49. The maximum absolute atomic E-state index is 12.3. The quantitative estimate of drug-likeness (QED) is 0.528. The molecule has 0 aromatic rings. The van der Waals surface area contributed by atoms with Crippen LogP contribution in [0, 0.1) is 28.6 Å². The van der Waals surface area contributed by atoms with Crippen molar-refractivity contribution in [3.8, 4) is 0 Å². The molecule has 4 N–H and O–H groups in total. The highest BCUT2D eigenvalue weighted by atomic mass is 16.3. The highest BCUT2D eigenvalue weighted by Gasteiger charge is 2.67. The summed E-state index contributed by atoms with van der Waals surface area (Å²) in [5.41, 5.74) is -1.63. The van der Waals surface area contributed by atoms with Gasteiger partial charge in [0.2, 0.25) is 0 Å². The van der Waals surface area contributed by atoms with E-state index in [1.807, 2.05) is 13.0 Å². The molecular formula is C21H30O5. The fraction of sp³-hybridized carbons (Fsp3) is 0.762. The van der Waals surface area contributed by atoms with Gasteiger partial charge in [-0.15, -0.1) is 0 Å². The molecule has 0 aliphatic heterocycles. The molecule has 0 bridgehead atoms.